The molecule has 0 aromatic carbocycles. The second-order valence-electron chi connectivity index (χ2n) is 2.47. The van der Waals surface area contributed by atoms with Gasteiger partial charge in [0, 0.05) is 12.0 Å². The molecule has 3 nitrogen and oxygen atoms in total. The van der Waals surface area contributed by atoms with E-state index in [1.165, 1.54) is 0 Å². The third-order valence-electron chi connectivity index (χ3n) is 1.31. The lowest BCUT2D eigenvalue weighted by Crippen LogP contribution is -1.85. The summed E-state index contributed by atoms with van der Waals surface area (Å²) in [6.07, 6.45) is 0. The normalized spacial score (nSPS) is 10.4. The van der Waals surface area contributed by atoms with Crippen molar-refractivity contribution in [2.24, 2.45) is 0 Å². The Morgan fingerprint density at radius 1 is 1.50 bits per heavy atom. The van der Waals surface area contributed by atoms with Crippen molar-refractivity contribution in [3.05, 3.63) is 17.9 Å². The van der Waals surface area contributed by atoms with Crippen LogP contribution in [0, 0.1) is 0 Å². The highest BCUT2D eigenvalue weighted by atomic mass is 16.5. The fourth-order valence-electron chi connectivity index (χ4n) is 0.723. The van der Waals surface area contributed by atoms with Gasteiger partial charge in [-0.3, -0.25) is 5.21 Å². The molecule has 0 bridgehead atoms. The maximum absolute atomic E-state index is 8.39. The van der Waals surface area contributed by atoms with E-state index in [2.05, 4.69) is 0 Å². The molecule has 0 amide bonds. The number of furan rings is 1. The first-order valence-electron chi connectivity index (χ1n) is 3.24. The molecular weight excluding hydrogens is 130 g/mol. The molecule has 1 rings (SSSR count). The summed E-state index contributed by atoms with van der Waals surface area (Å²) >= 11 is 0. The van der Waals surface area contributed by atoms with Gasteiger partial charge in [-0.15, -0.1) is 0 Å². The van der Waals surface area contributed by atoms with E-state index >= 15 is 0 Å². The summed E-state index contributed by atoms with van der Waals surface area (Å²) in [5, 5.41) is 8.39. The summed E-state index contributed by atoms with van der Waals surface area (Å²) in [4.78, 5) is 0. The molecule has 1 heterocycles. The van der Waals surface area contributed by atoms with E-state index in [9.17, 15) is 0 Å². The highest BCUT2D eigenvalue weighted by Crippen LogP contribution is 2.19. The molecular formula is C7H11NO2. The van der Waals surface area contributed by atoms with Crippen LogP contribution in [0.5, 0.6) is 0 Å². The quantitative estimate of drug-likeness (QED) is 0.620. The minimum absolute atomic E-state index is 0.363. The first-order valence-corrected chi connectivity index (χ1v) is 3.24. The van der Waals surface area contributed by atoms with Crippen LogP contribution in [0.4, 0.5) is 5.88 Å². The van der Waals surface area contributed by atoms with Gasteiger partial charge in [0.05, 0.1) is 0 Å². The van der Waals surface area contributed by atoms with Crippen LogP contribution in [0.25, 0.3) is 0 Å². The molecule has 0 aliphatic heterocycles. The molecule has 0 aliphatic carbocycles. The first kappa shape index (κ1) is 7.15. The van der Waals surface area contributed by atoms with Crippen LogP contribution in [0.15, 0.2) is 16.5 Å². The second-order valence-corrected chi connectivity index (χ2v) is 2.47. The van der Waals surface area contributed by atoms with E-state index in [0.717, 1.165) is 5.76 Å². The van der Waals surface area contributed by atoms with Crippen molar-refractivity contribution in [1.29, 1.82) is 0 Å². The molecule has 0 spiro atoms. The van der Waals surface area contributed by atoms with Gasteiger partial charge in [0.1, 0.15) is 5.76 Å². The molecule has 56 valence electrons. The van der Waals surface area contributed by atoms with Crippen molar-refractivity contribution in [3.63, 3.8) is 0 Å². The van der Waals surface area contributed by atoms with Gasteiger partial charge in [-0.05, 0) is 6.07 Å². The molecule has 0 saturated carbocycles. The van der Waals surface area contributed by atoms with E-state index in [1.807, 2.05) is 25.4 Å². The van der Waals surface area contributed by atoms with Gasteiger partial charge in [0.25, 0.3) is 0 Å². The Bertz CT molecular complexity index is 205. The Balaban J connectivity index is 2.78. The lowest BCUT2D eigenvalue weighted by atomic mass is 10.2. The fraction of sp³-hybridized carbons (Fsp3) is 0.429. The van der Waals surface area contributed by atoms with Crippen LogP contribution in [-0.4, -0.2) is 5.21 Å². The average molecular weight is 141 g/mol. The summed E-state index contributed by atoms with van der Waals surface area (Å²) < 4.78 is 5.13. The number of hydrogen-bond acceptors (Lipinski definition) is 3. The molecule has 2 N–H and O–H groups in total. The second kappa shape index (κ2) is 2.75. The van der Waals surface area contributed by atoms with Gasteiger partial charge in [-0.1, -0.05) is 13.8 Å². The van der Waals surface area contributed by atoms with E-state index in [0.29, 0.717) is 11.8 Å². The molecule has 0 unspecified atom stereocenters. The Morgan fingerprint density at radius 3 is 2.50 bits per heavy atom. The smallest absolute Gasteiger partial charge is 0.216 e. The molecule has 3 heteroatoms. The summed E-state index contributed by atoms with van der Waals surface area (Å²) in [7, 11) is 0. The Morgan fingerprint density at radius 2 is 2.20 bits per heavy atom. The summed E-state index contributed by atoms with van der Waals surface area (Å²) in [6, 6.07) is 3.53. The molecule has 0 fully saturated rings. The van der Waals surface area contributed by atoms with Gasteiger partial charge >= 0.3 is 0 Å². The summed E-state index contributed by atoms with van der Waals surface area (Å²) in [6.45, 7) is 4.06. The van der Waals surface area contributed by atoms with Gasteiger partial charge in [0.15, 0.2) is 0 Å². The lowest BCUT2D eigenvalue weighted by Gasteiger charge is -1.97. The zero-order valence-electron chi connectivity index (χ0n) is 6.09. The van der Waals surface area contributed by atoms with Crippen molar-refractivity contribution in [2.75, 3.05) is 5.48 Å². The number of nitrogens with one attached hydrogen (secondary N) is 1. The monoisotopic (exact) mass is 141 g/mol. The van der Waals surface area contributed by atoms with Crippen LogP contribution in [0.1, 0.15) is 25.5 Å². The average Bonchev–Trinajstić information content (AvgIpc) is 2.34. The Kier molecular flexibility index (Phi) is 1.97. The molecule has 0 atom stereocenters. The molecule has 0 radical (unpaired) electrons. The Labute approximate surface area is 59.6 Å². The standard InChI is InChI=1S/C7H11NO2/c1-5(2)6-3-4-7(8-9)10-6/h3-5,8-9H,1-2H3. The van der Waals surface area contributed by atoms with Gasteiger partial charge in [-0.25, -0.2) is 5.48 Å². The lowest BCUT2D eigenvalue weighted by molar-refractivity contribution is 0.355. The van der Waals surface area contributed by atoms with E-state index in [-0.39, 0.29) is 0 Å². The number of anilines is 1. The van der Waals surface area contributed by atoms with Crippen molar-refractivity contribution in [1.82, 2.24) is 0 Å². The van der Waals surface area contributed by atoms with Crippen LogP contribution in [-0.2, 0) is 0 Å². The van der Waals surface area contributed by atoms with Crippen LogP contribution < -0.4 is 5.48 Å². The van der Waals surface area contributed by atoms with Crippen molar-refractivity contribution in [3.8, 4) is 0 Å². The largest absolute Gasteiger partial charge is 0.443 e. The predicted octanol–water partition coefficient (Wildman–Crippen LogP) is 2.20. The van der Waals surface area contributed by atoms with Gasteiger partial charge < -0.3 is 4.42 Å². The van der Waals surface area contributed by atoms with Crippen molar-refractivity contribution >= 4 is 5.88 Å². The molecule has 0 aliphatic rings. The highest BCUT2D eigenvalue weighted by molar-refractivity contribution is 5.29. The van der Waals surface area contributed by atoms with Crippen molar-refractivity contribution in [2.45, 2.75) is 19.8 Å². The third-order valence-corrected chi connectivity index (χ3v) is 1.31. The van der Waals surface area contributed by atoms with Gasteiger partial charge in [0.2, 0.25) is 5.88 Å². The van der Waals surface area contributed by atoms with Crippen LogP contribution >= 0.6 is 0 Å². The zero-order chi connectivity index (χ0) is 7.56. The van der Waals surface area contributed by atoms with E-state index in [1.54, 1.807) is 6.07 Å². The molecule has 10 heavy (non-hydrogen) atoms. The SMILES string of the molecule is CC(C)c1ccc(NO)o1. The number of hydrogen-bond donors (Lipinski definition) is 2. The zero-order valence-corrected chi connectivity index (χ0v) is 6.09. The molecule has 1 aromatic heterocycles. The summed E-state index contributed by atoms with van der Waals surface area (Å²) in [5.74, 6) is 1.63. The van der Waals surface area contributed by atoms with E-state index in [4.69, 9.17) is 9.62 Å². The third kappa shape index (κ3) is 1.30. The van der Waals surface area contributed by atoms with Crippen LogP contribution in [0.3, 0.4) is 0 Å². The highest BCUT2D eigenvalue weighted by Gasteiger charge is 2.03. The van der Waals surface area contributed by atoms with Crippen LogP contribution in [0.2, 0.25) is 0 Å². The Hall–Kier alpha value is -0.960. The first-order chi connectivity index (χ1) is 4.74. The minimum Gasteiger partial charge on any atom is -0.443 e. The maximum Gasteiger partial charge on any atom is 0.216 e. The molecule has 1 aromatic rings. The van der Waals surface area contributed by atoms with Crippen molar-refractivity contribution < 1.29 is 9.62 Å². The predicted molar refractivity (Wildman–Crippen MR) is 38.2 cm³/mol. The molecule has 0 saturated heterocycles. The number of rotatable bonds is 2. The minimum atomic E-state index is 0.363. The van der Waals surface area contributed by atoms with E-state index < -0.39 is 0 Å². The summed E-state index contributed by atoms with van der Waals surface area (Å²) in [5.41, 5.74) is 1.94. The maximum atomic E-state index is 8.39. The van der Waals surface area contributed by atoms with Gasteiger partial charge in [-0.2, -0.15) is 0 Å². The topological polar surface area (TPSA) is 45.4 Å². The fourth-order valence-corrected chi connectivity index (χ4v) is 0.723.